The molecule has 1 aromatic heterocycles. The molecule has 2 rings (SSSR count). The minimum atomic E-state index is 0.451. The zero-order chi connectivity index (χ0) is 9.42. The van der Waals surface area contributed by atoms with Gasteiger partial charge in [-0.1, -0.05) is 11.6 Å². The molecule has 0 unspecified atom stereocenters. The van der Waals surface area contributed by atoms with Crippen molar-refractivity contribution in [2.45, 2.75) is 12.8 Å². The van der Waals surface area contributed by atoms with E-state index in [1.807, 2.05) is 19.1 Å². The Balaban J connectivity index is 2.82. The van der Waals surface area contributed by atoms with Crippen molar-refractivity contribution in [1.82, 2.24) is 0 Å². The summed E-state index contributed by atoms with van der Waals surface area (Å²) in [6, 6.07) is 3.76. The molecule has 13 heavy (non-hydrogen) atoms. The highest BCUT2D eigenvalue weighted by atomic mass is 35.5. The fourth-order valence-corrected chi connectivity index (χ4v) is 1.90. The highest BCUT2D eigenvalue weighted by Gasteiger charge is 2.07. The summed E-state index contributed by atoms with van der Waals surface area (Å²) in [4.78, 5) is 0. The maximum absolute atomic E-state index is 5.93. The van der Waals surface area contributed by atoms with E-state index in [0.717, 1.165) is 27.1 Å². The van der Waals surface area contributed by atoms with Crippen molar-refractivity contribution in [3.63, 3.8) is 0 Å². The Labute approximate surface area is 86.2 Å². The third kappa shape index (κ3) is 1.43. The smallest absolute Gasteiger partial charge is 0.137 e. The summed E-state index contributed by atoms with van der Waals surface area (Å²) in [5, 5.41) is 1.73. The van der Waals surface area contributed by atoms with Crippen LogP contribution >= 0.6 is 23.2 Å². The van der Waals surface area contributed by atoms with E-state index in [9.17, 15) is 0 Å². The van der Waals surface area contributed by atoms with Gasteiger partial charge in [-0.2, -0.15) is 0 Å². The molecule has 1 aromatic carbocycles. The molecule has 0 bridgehead atoms. The maximum atomic E-state index is 5.93. The predicted octanol–water partition coefficient (Wildman–Crippen LogP) is 4.13. The summed E-state index contributed by atoms with van der Waals surface area (Å²) in [7, 11) is 0. The predicted molar refractivity (Wildman–Crippen MR) is 55.5 cm³/mol. The zero-order valence-electron chi connectivity index (χ0n) is 7.10. The highest BCUT2D eigenvalue weighted by molar-refractivity contribution is 6.31. The van der Waals surface area contributed by atoms with Gasteiger partial charge in [-0.25, -0.2) is 0 Å². The molecule has 1 nitrogen and oxygen atoms in total. The number of benzene rings is 1. The van der Waals surface area contributed by atoms with Crippen LogP contribution < -0.4 is 0 Å². The number of furan rings is 1. The van der Waals surface area contributed by atoms with E-state index < -0.39 is 0 Å². The van der Waals surface area contributed by atoms with Gasteiger partial charge in [0.15, 0.2) is 0 Å². The molecule has 0 radical (unpaired) electrons. The lowest BCUT2D eigenvalue weighted by atomic mass is 10.1. The minimum Gasteiger partial charge on any atom is -0.464 e. The molecule has 0 fully saturated rings. The van der Waals surface area contributed by atoms with E-state index in [4.69, 9.17) is 27.6 Å². The van der Waals surface area contributed by atoms with E-state index in [1.165, 1.54) is 0 Å². The second kappa shape index (κ2) is 3.24. The monoisotopic (exact) mass is 214 g/mol. The SMILES string of the molecule is Cc1cc(Cl)cc2c(CCl)coc12. The molecule has 68 valence electrons. The Kier molecular flexibility index (Phi) is 2.22. The van der Waals surface area contributed by atoms with Gasteiger partial charge in [-0.3, -0.25) is 0 Å². The minimum absolute atomic E-state index is 0.451. The van der Waals surface area contributed by atoms with Crippen LogP contribution in [0.1, 0.15) is 11.1 Å². The van der Waals surface area contributed by atoms with E-state index in [1.54, 1.807) is 6.26 Å². The van der Waals surface area contributed by atoms with Crippen molar-refractivity contribution in [2.75, 3.05) is 0 Å². The van der Waals surface area contributed by atoms with Crippen LogP contribution in [0.25, 0.3) is 11.0 Å². The van der Waals surface area contributed by atoms with Crippen molar-refractivity contribution in [3.8, 4) is 0 Å². The van der Waals surface area contributed by atoms with Crippen LogP contribution in [0.4, 0.5) is 0 Å². The van der Waals surface area contributed by atoms with Gasteiger partial charge < -0.3 is 4.42 Å². The molecule has 2 aromatic rings. The van der Waals surface area contributed by atoms with E-state index in [2.05, 4.69) is 0 Å². The van der Waals surface area contributed by atoms with Crippen molar-refractivity contribution >= 4 is 34.2 Å². The lowest BCUT2D eigenvalue weighted by molar-refractivity contribution is 0.610. The summed E-state index contributed by atoms with van der Waals surface area (Å²) in [5.41, 5.74) is 2.90. The van der Waals surface area contributed by atoms with Gasteiger partial charge >= 0.3 is 0 Å². The Morgan fingerprint density at radius 3 is 2.85 bits per heavy atom. The number of halogens is 2. The fourth-order valence-electron chi connectivity index (χ4n) is 1.42. The first-order chi connectivity index (χ1) is 6.22. The van der Waals surface area contributed by atoms with Crippen LogP contribution in [0.15, 0.2) is 22.8 Å². The summed E-state index contributed by atoms with van der Waals surface area (Å²) in [6.45, 7) is 1.97. The third-order valence-electron chi connectivity index (χ3n) is 2.05. The number of fused-ring (bicyclic) bond motifs is 1. The summed E-state index contributed by atoms with van der Waals surface area (Å²) in [5.74, 6) is 0.451. The molecule has 0 amide bonds. The summed E-state index contributed by atoms with van der Waals surface area (Å²) >= 11 is 11.7. The number of hydrogen-bond donors (Lipinski definition) is 0. The molecule has 0 saturated carbocycles. The first-order valence-electron chi connectivity index (χ1n) is 3.94. The molecule has 0 atom stereocenters. The Bertz CT molecular complexity index is 445. The zero-order valence-corrected chi connectivity index (χ0v) is 8.62. The van der Waals surface area contributed by atoms with Crippen LogP contribution in [0, 0.1) is 6.92 Å². The molecule has 3 heteroatoms. The molecule has 0 saturated heterocycles. The normalized spacial score (nSPS) is 11.0. The Morgan fingerprint density at radius 1 is 1.38 bits per heavy atom. The van der Waals surface area contributed by atoms with Crippen molar-refractivity contribution in [2.24, 2.45) is 0 Å². The second-order valence-electron chi connectivity index (χ2n) is 2.99. The molecule has 0 aliphatic heterocycles. The van der Waals surface area contributed by atoms with E-state index in [0.29, 0.717) is 5.88 Å². The number of hydrogen-bond acceptors (Lipinski definition) is 1. The van der Waals surface area contributed by atoms with Gasteiger partial charge in [0.05, 0.1) is 12.1 Å². The number of alkyl halides is 1. The van der Waals surface area contributed by atoms with Gasteiger partial charge in [0, 0.05) is 16.0 Å². The highest BCUT2D eigenvalue weighted by Crippen LogP contribution is 2.28. The fraction of sp³-hybridized carbons (Fsp3) is 0.200. The van der Waals surface area contributed by atoms with Crippen molar-refractivity contribution in [1.29, 1.82) is 0 Å². The molecule has 0 spiro atoms. The van der Waals surface area contributed by atoms with Crippen LogP contribution in [0.3, 0.4) is 0 Å². The molecule has 0 aliphatic rings. The van der Waals surface area contributed by atoms with Gasteiger partial charge in [-0.15, -0.1) is 11.6 Å². The van der Waals surface area contributed by atoms with Crippen LogP contribution in [-0.4, -0.2) is 0 Å². The van der Waals surface area contributed by atoms with E-state index in [-0.39, 0.29) is 0 Å². The van der Waals surface area contributed by atoms with Gasteiger partial charge in [0.2, 0.25) is 0 Å². The van der Waals surface area contributed by atoms with Gasteiger partial charge in [-0.05, 0) is 24.6 Å². The standard InChI is InChI=1S/C10H8Cl2O/c1-6-2-8(12)3-9-7(4-11)5-13-10(6)9/h2-3,5H,4H2,1H3. The Hall–Kier alpha value is -0.660. The summed E-state index contributed by atoms with van der Waals surface area (Å²) in [6.07, 6.45) is 1.68. The first kappa shape index (κ1) is 8.92. The van der Waals surface area contributed by atoms with Crippen LogP contribution in [0.2, 0.25) is 5.02 Å². The number of aryl methyl sites for hydroxylation is 1. The van der Waals surface area contributed by atoms with Crippen LogP contribution in [0.5, 0.6) is 0 Å². The lowest BCUT2D eigenvalue weighted by Crippen LogP contribution is -1.77. The first-order valence-corrected chi connectivity index (χ1v) is 4.86. The van der Waals surface area contributed by atoms with Crippen molar-refractivity contribution in [3.05, 3.63) is 34.5 Å². The lowest BCUT2D eigenvalue weighted by Gasteiger charge is -1.96. The summed E-state index contributed by atoms with van der Waals surface area (Å²) < 4.78 is 5.38. The van der Waals surface area contributed by atoms with Gasteiger partial charge in [0.25, 0.3) is 0 Å². The largest absolute Gasteiger partial charge is 0.464 e. The maximum Gasteiger partial charge on any atom is 0.137 e. The topological polar surface area (TPSA) is 13.1 Å². The third-order valence-corrected chi connectivity index (χ3v) is 2.55. The molecular weight excluding hydrogens is 207 g/mol. The van der Waals surface area contributed by atoms with Gasteiger partial charge in [0.1, 0.15) is 5.58 Å². The van der Waals surface area contributed by atoms with E-state index >= 15 is 0 Å². The molecule has 1 heterocycles. The van der Waals surface area contributed by atoms with Crippen molar-refractivity contribution < 1.29 is 4.42 Å². The second-order valence-corrected chi connectivity index (χ2v) is 3.70. The molecule has 0 aliphatic carbocycles. The molecular formula is C10H8Cl2O. The quantitative estimate of drug-likeness (QED) is 0.651. The average molecular weight is 215 g/mol. The van der Waals surface area contributed by atoms with Crippen LogP contribution in [-0.2, 0) is 5.88 Å². The Morgan fingerprint density at radius 2 is 2.15 bits per heavy atom. The molecule has 0 N–H and O–H groups in total. The average Bonchev–Trinajstić information content (AvgIpc) is 2.47. The number of rotatable bonds is 1.